The van der Waals surface area contributed by atoms with Gasteiger partial charge in [0, 0.05) is 24.2 Å². The Morgan fingerprint density at radius 1 is 1.06 bits per heavy atom. The van der Waals surface area contributed by atoms with Crippen LogP contribution in [0, 0.1) is 0 Å². The van der Waals surface area contributed by atoms with Crippen LogP contribution in [0.3, 0.4) is 0 Å². The van der Waals surface area contributed by atoms with Crippen molar-refractivity contribution < 1.29 is 32.9 Å². The minimum atomic E-state index is -4.75. The second-order valence-electron chi connectivity index (χ2n) is 7.89. The fraction of sp³-hybridized carbons (Fsp3) is 0.250. The molecular formula is C24H21F3N2O5. The zero-order valence-electron chi connectivity index (χ0n) is 17.7. The van der Waals surface area contributed by atoms with Gasteiger partial charge in [-0.3, -0.25) is 4.79 Å². The molecule has 2 aromatic carbocycles. The van der Waals surface area contributed by atoms with E-state index in [-0.39, 0.29) is 12.5 Å². The molecule has 0 spiro atoms. The Balaban J connectivity index is 1.37. The summed E-state index contributed by atoms with van der Waals surface area (Å²) in [4.78, 5) is 25.9. The maximum Gasteiger partial charge on any atom is 0.417 e. The maximum atomic E-state index is 12.9. The van der Waals surface area contributed by atoms with Gasteiger partial charge in [-0.2, -0.15) is 13.2 Å². The van der Waals surface area contributed by atoms with Crippen molar-refractivity contribution in [3.63, 3.8) is 0 Å². The quantitative estimate of drug-likeness (QED) is 0.438. The SMILES string of the molecule is O=C(NCC(O)C(O)c1cc(C(F)(F)F)c[nH]c1=O)OCC1c2ccccc2-c2ccccc21. The number of ether oxygens (including phenoxy) is 1. The van der Waals surface area contributed by atoms with Crippen LogP contribution in [0.15, 0.2) is 65.6 Å². The van der Waals surface area contributed by atoms with Crippen molar-refractivity contribution >= 4 is 6.09 Å². The summed E-state index contributed by atoms with van der Waals surface area (Å²) >= 11 is 0. The lowest BCUT2D eigenvalue weighted by Crippen LogP contribution is -2.37. The van der Waals surface area contributed by atoms with Crippen molar-refractivity contribution in [3.05, 3.63) is 93.4 Å². The van der Waals surface area contributed by atoms with Crippen LogP contribution in [0.25, 0.3) is 11.1 Å². The number of nitrogens with one attached hydrogen (secondary N) is 2. The van der Waals surface area contributed by atoms with Gasteiger partial charge >= 0.3 is 12.3 Å². The van der Waals surface area contributed by atoms with Crippen molar-refractivity contribution in [2.75, 3.05) is 13.2 Å². The van der Waals surface area contributed by atoms with Crippen LogP contribution in [0.2, 0.25) is 0 Å². The largest absolute Gasteiger partial charge is 0.449 e. The van der Waals surface area contributed by atoms with Gasteiger partial charge in [0.15, 0.2) is 0 Å². The summed E-state index contributed by atoms with van der Waals surface area (Å²) in [5, 5.41) is 22.6. The first kappa shape index (κ1) is 23.5. The van der Waals surface area contributed by atoms with Gasteiger partial charge in [0.2, 0.25) is 0 Å². The van der Waals surface area contributed by atoms with Gasteiger partial charge in [0.05, 0.1) is 5.56 Å². The molecule has 1 aliphatic carbocycles. The fourth-order valence-electron chi connectivity index (χ4n) is 4.04. The summed E-state index contributed by atoms with van der Waals surface area (Å²) < 4.78 is 43.9. The number of H-pyrrole nitrogens is 1. The number of carbonyl (C=O) groups is 1. The molecule has 1 heterocycles. The van der Waals surface area contributed by atoms with E-state index in [1.807, 2.05) is 53.5 Å². The van der Waals surface area contributed by atoms with E-state index in [4.69, 9.17) is 4.74 Å². The number of hydrogen-bond acceptors (Lipinski definition) is 5. The van der Waals surface area contributed by atoms with Crippen LogP contribution < -0.4 is 10.9 Å². The number of aliphatic hydroxyl groups excluding tert-OH is 2. The minimum absolute atomic E-state index is 0.0196. The highest BCUT2D eigenvalue weighted by atomic mass is 19.4. The van der Waals surface area contributed by atoms with Crippen molar-refractivity contribution in [2.45, 2.75) is 24.3 Å². The average Bonchev–Trinajstić information content (AvgIpc) is 3.14. The summed E-state index contributed by atoms with van der Waals surface area (Å²) in [7, 11) is 0. The highest BCUT2D eigenvalue weighted by Crippen LogP contribution is 2.44. The van der Waals surface area contributed by atoms with Crippen molar-refractivity contribution in [3.8, 4) is 11.1 Å². The second kappa shape index (κ2) is 9.32. The molecule has 4 rings (SSSR count). The van der Waals surface area contributed by atoms with Crippen LogP contribution in [-0.2, 0) is 10.9 Å². The van der Waals surface area contributed by atoms with Crippen molar-refractivity contribution in [1.29, 1.82) is 0 Å². The molecule has 1 aromatic heterocycles. The molecule has 1 aliphatic rings. The Hall–Kier alpha value is -3.63. The van der Waals surface area contributed by atoms with E-state index < -0.39 is 47.7 Å². The summed E-state index contributed by atoms with van der Waals surface area (Å²) in [6.45, 7) is -0.528. The number of halogens is 3. The van der Waals surface area contributed by atoms with Crippen molar-refractivity contribution in [2.24, 2.45) is 0 Å². The standard InChI is InChI=1S/C24H21F3N2O5/c25-24(26,27)13-9-18(22(32)28-10-13)21(31)20(30)11-29-23(33)34-12-19-16-7-3-1-5-14(16)15-6-2-4-8-17(15)19/h1-10,19-21,30-31H,11-12H2,(H,28,32)(H,29,33). The van der Waals surface area contributed by atoms with Crippen LogP contribution in [0.4, 0.5) is 18.0 Å². The number of hydrogen-bond donors (Lipinski definition) is 4. The van der Waals surface area contributed by atoms with Crippen LogP contribution in [-0.4, -0.2) is 40.5 Å². The summed E-state index contributed by atoms with van der Waals surface area (Å²) in [5.74, 6) is -0.183. The first-order valence-corrected chi connectivity index (χ1v) is 10.4. The monoisotopic (exact) mass is 474 g/mol. The predicted molar refractivity (Wildman–Crippen MR) is 116 cm³/mol. The third-order valence-electron chi connectivity index (χ3n) is 5.74. The molecule has 2 atom stereocenters. The van der Waals surface area contributed by atoms with Crippen LogP contribution in [0.1, 0.15) is 34.3 Å². The fourth-order valence-corrected chi connectivity index (χ4v) is 4.04. The molecule has 34 heavy (non-hydrogen) atoms. The van der Waals surface area contributed by atoms with E-state index in [0.29, 0.717) is 12.3 Å². The molecule has 178 valence electrons. The van der Waals surface area contributed by atoms with Crippen molar-refractivity contribution in [1.82, 2.24) is 10.3 Å². The van der Waals surface area contributed by atoms with Gasteiger partial charge in [-0.25, -0.2) is 4.79 Å². The first-order valence-electron chi connectivity index (χ1n) is 10.4. The summed E-state index contributed by atoms with van der Waals surface area (Å²) in [6.07, 6.45) is -8.86. The third kappa shape index (κ3) is 4.68. The lowest BCUT2D eigenvalue weighted by molar-refractivity contribution is -0.138. The molecule has 0 fully saturated rings. The summed E-state index contributed by atoms with van der Waals surface area (Å²) in [5.41, 5.74) is 1.29. The highest BCUT2D eigenvalue weighted by molar-refractivity contribution is 5.79. The topological polar surface area (TPSA) is 112 Å². The highest BCUT2D eigenvalue weighted by Gasteiger charge is 2.33. The summed E-state index contributed by atoms with van der Waals surface area (Å²) in [6, 6.07) is 16.0. The van der Waals surface area contributed by atoms with E-state index >= 15 is 0 Å². The van der Waals surface area contributed by atoms with Gasteiger partial charge < -0.3 is 25.3 Å². The normalized spacial score (nSPS) is 14.7. The number of aliphatic hydroxyl groups is 2. The first-order chi connectivity index (χ1) is 16.2. The molecule has 0 bridgehead atoms. The third-order valence-corrected chi connectivity index (χ3v) is 5.74. The maximum absolute atomic E-state index is 12.9. The molecule has 10 heteroatoms. The van der Waals surface area contributed by atoms with Gasteiger partial charge in [0.25, 0.3) is 5.56 Å². The number of carbonyl (C=O) groups excluding carboxylic acids is 1. The molecule has 0 saturated heterocycles. The van der Waals surface area contributed by atoms with E-state index in [1.54, 1.807) is 0 Å². The number of pyridine rings is 1. The smallest absolute Gasteiger partial charge is 0.417 e. The number of benzene rings is 2. The molecular weight excluding hydrogens is 453 g/mol. The molecule has 0 radical (unpaired) electrons. The van der Waals surface area contributed by atoms with Crippen LogP contribution in [0.5, 0.6) is 0 Å². The number of aromatic amines is 1. The van der Waals surface area contributed by atoms with E-state index in [2.05, 4.69) is 5.32 Å². The van der Waals surface area contributed by atoms with E-state index in [1.165, 1.54) is 0 Å². The molecule has 0 aliphatic heterocycles. The van der Waals surface area contributed by atoms with E-state index in [9.17, 15) is 33.0 Å². The zero-order chi connectivity index (χ0) is 24.5. The lowest BCUT2D eigenvalue weighted by Gasteiger charge is -2.19. The number of aromatic nitrogens is 1. The molecule has 4 N–H and O–H groups in total. The van der Waals surface area contributed by atoms with Gasteiger partial charge in [-0.15, -0.1) is 0 Å². The predicted octanol–water partition coefficient (Wildman–Crippen LogP) is 3.33. The number of alkyl carbamates (subject to hydrolysis) is 1. The average molecular weight is 474 g/mol. The molecule has 2 unspecified atom stereocenters. The number of amides is 1. The van der Waals surface area contributed by atoms with Crippen LogP contribution >= 0.6 is 0 Å². The number of fused-ring (bicyclic) bond motifs is 3. The Labute approximate surface area is 191 Å². The second-order valence-corrected chi connectivity index (χ2v) is 7.89. The van der Waals surface area contributed by atoms with Gasteiger partial charge in [-0.05, 0) is 28.3 Å². The lowest BCUT2D eigenvalue weighted by atomic mass is 9.98. The minimum Gasteiger partial charge on any atom is -0.449 e. The molecule has 7 nitrogen and oxygen atoms in total. The molecule has 0 saturated carbocycles. The molecule has 3 aromatic rings. The Bertz CT molecular complexity index is 1210. The van der Waals surface area contributed by atoms with Gasteiger partial charge in [-0.1, -0.05) is 48.5 Å². The number of rotatable bonds is 6. The van der Waals surface area contributed by atoms with Gasteiger partial charge in [0.1, 0.15) is 18.8 Å². The Kier molecular flexibility index (Phi) is 6.45. The molecule has 1 amide bonds. The number of alkyl halides is 3. The van der Waals surface area contributed by atoms with E-state index in [0.717, 1.165) is 22.3 Å². The Morgan fingerprint density at radius 3 is 2.24 bits per heavy atom. The zero-order valence-corrected chi connectivity index (χ0v) is 17.7. The Morgan fingerprint density at radius 2 is 1.65 bits per heavy atom.